The van der Waals surface area contributed by atoms with Gasteiger partial charge in [0.05, 0.1) is 6.42 Å². The highest BCUT2D eigenvalue weighted by Gasteiger charge is 2.27. The van der Waals surface area contributed by atoms with Crippen LogP contribution in [0.3, 0.4) is 0 Å². The molecule has 0 saturated carbocycles. The van der Waals surface area contributed by atoms with Gasteiger partial charge in [-0.1, -0.05) is 30.3 Å². The first-order valence-corrected chi connectivity index (χ1v) is 10.5. The Balaban J connectivity index is 1.22. The minimum Gasteiger partial charge on any atom is -0.451 e. The molecule has 2 N–H and O–H groups in total. The van der Waals surface area contributed by atoms with Crippen LogP contribution in [0.1, 0.15) is 35.4 Å². The Morgan fingerprint density at radius 1 is 0.969 bits per heavy atom. The predicted molar refractivity (Wildman–Crippen MR) is 118 cm³/mol. The van der Waals surface area contributed by atoms with Crippen molar-refractivity contribution in [2.75, 3.05) is 18.4 Å². The number of nitrogens with zero attached hydrogens (tertiary/aromatic N) is 1. The van der Waals surface area contributed by atoms with Crippen molar-refractivity contribution in [3.8, 4) is 0 Å². The molecule has 4 amide bonds. The van der Waals surface area contributed by atoms with Crippen molar-refractivity contribution in [1.29, 1.82) is 0 Å². The second kappa shape index (κ2) is 9.47. The van der Waals surface area contributed by atoms with Gasteiger partial charge in [-0.15, -0.1) is 0 Å². The first kappa shape index (κ1) is 21.3. The van der Waals surface area contributed by atoms with Gasteiger partial charge in [-0.3, -0.25) is 24.1 Å². The van der Waals surface area contributed by atoms with Crippen LogP contribution >= 0.6 is 0 Å². The Morgan fingerprint density at radius 3 is 2.41 bits per heavy atom. The summed E-state index contributed by atoms with van der Waals surface area (Å²) in [5.74, 6) is -0.556. The van der Waals surface area contributed by atoms with E-state index in [1.165, 1.54) is 4.90 Å². The largest absolute Gasteiger partial charge is 0.451 e. The van der Waals surface area contributed by atoms with Crippen LogP contribution in [0.25, 0.3) is 11.0 Å². The van der Waals surface area contributed by atoms with Crippen molar-refractivity contribution in [2.24, 2.45) is 0 Å². The van der Waals surface area contributed by atoms with E-state index < -0.39 is 0 Å². The molecule has 0 aliphatic carbocycles. The number of carbonyl (C=O) groups is 4. The zero-order valence-corrected chi connectivity index (χ0v) is 17.4. The number of amides is 4. The molecular formula is C24H23N3O5. The monoisotopic (exact) mass is 433 g/mol. The van der Waals surface area contributed by atoms with Gasteiger partial charge in [-0.25, -0.2) is 0 Å². The molecule has 32 heavy (non-hydrogen) atoms. The van der Waals surface area contributed by atoms with Crippen LogP contribution in [0.15, 0.2) is 59.0 Å². The highest BCUT2D eigenvalue weighted by atomic mass is 16.3. The molecule has 1 aromatic heterocycles. The quantitative estimate of drug-likeness (QED) is 0.419. The average molecular weight is 433 g/mol. The average Bonchev–Trinajstić information content (AvgIpc) is 3.36. The zero-order chi connectivity index (χ0) is 22.5. The van der Waals surface area contributed by atoms with Gasteiger partial charge < -0.3 is 15.1 Å². The SMILES string of the molecule is O=C(Cc1ccc(NC(=O)c2cc3ccccc3o2)cc1)NCCCN1C(=O)CCC1=O. The number of nitrogens with one attached hydrogen (secondary N) is 2. The number of carbonyl (C=O) groups excluding carboxylic acids is 4. The van der Waals surface area contributed by atoms with Gasteiger partial charge >= 0.3 is 0 Å². The smallest absolute Gasteiger partial charge is 0.291 e. The van der Waals surface area contributed by atoms with Gasteiger partial charge in [0.25, 0.3) is 5.91 Å². The molecule has 0 spiro atoms. The second-order valence-electron chi connectivity index (χ2n) is 7.62. The molecular weight excluding hydrogens is 410 g/mol. The van der Waals surface area contributed by atoms with E-state index in [2.05, 4.69) is 10.6 Å². The summed E-state index contributed by atoms with van der Waals surface area (Å²) in [6.45, 7) is 0.721. The van der Waals surface area contributed by atoms with E-state index in [1.807, 2.05) is 18.2 Å². The standard InChI is InChI=1S/C24H23N3O5/c28-21(25-12-3-13-27-22(29)10-11-23(27)30)14-16-6-8-18(9-7-16)26-24(31)20-15-17-4-1-2-5-19(17)32-20/h1-2,4-9,15H,3,10-14H2,(H,25,28)(H,26,31). The van der Waals surface area contributed by atoms with Gasteiger partial charge in [-0.2, -0.15) is 0 Å². The summed E-state index contributed by atoms with van der Waals surface area (Å²) >= 11 is 0. The summed E-state index contributed by atoms with van der Waals surface area (Å²) < 4.78 is 5.56. The van der Waals surface area contributed by atoms with Crippen molar-refractivity contribution in [1.82, 2.24) is 10.2 Å². The number of furan rings is 1. The van der Waals surface area contributed by atoms with Gasteiger partial charge in [-0.05, 0) is 36.2 Å². The van der Waals surface area contributed by atoms with Crippen LogP contribution < -0.4 is 10.6 Å². The molecule has 1 aliphatic rings. The minimum absolute atomic E-state index is 0.145. The summed E-state index contributed by atoms with van der Waals surface area (Å²) in [5, 5.41) is 6.44. The maximum atomic E-state index is 12.4. The molecule has 1 saturated heterocycles. The van der Waals surface area contributed by atoms with Crippen LogP contribution in [0.4, 0.5) is 5.69 Å². The molecule has 8 heteroatoms. The number of rotatable bonds is 8. The fraction of sp³-hybridized carbons (Fsp3) is 0.250. The lowest BCUT2D eigenvalue weighted by molar-refractivity contribution is -0.138. The van der Waals surface area contributed by atoms with Crippen molar-refractivity contribution in [2.45, 2.75) is 25.7 Å². The minimum atomic E-state index is -0.346. The van der Waals surface area contributed by atoms with Crippen molar-refractivity contribution in [3.05, 3.63) is 65.9 Å². The van der Waals surface area contributed by atoms with Crippen LogP contribution in [-0.4, -0.2) is 41.6 Å². The molecule has 1 aliphatic heterocycles. The van der Waals surface area contributed by atoms with Crippen molar-refractivity contribution in [3.63, 3.8) is 0 Å². The fourth-order valence-electron chi connectivity index (χ4n) is 3.58. The Kier molecular flexibility index (Phi) is 6.30. The van der Waals surface area contributed by atoms with Crippen LogP contribution in [0, 0.1) is 0 Å². The Hall–Kier alpha value is -3.94. The third kappa shape index (κ3) is 5.03. The van der Waals surface area contributed by atoms with Crippen molar-refractivity contribution >= 4 is 40.3 Å². The highest BCUT2D eigenvalue weighted by molar-refractivity contribution is 6.04. The van der Waals surface area contributed by atoms with Gasteiger partial charge in [0.2, 0.25) is 17.7 Å². The van der Waals surface area contributed by atoms with Gasteiger partial charge in [0.1, 0.15) is 5.58 Å². The lowest BCUT2D eigenvalue weighted by Gasteiger charge is -2.13. The maximum Gasteiger partial charge on any atom is 0.291 e. The summed E-state index contributed by atoms with van der Waals surface area (Å²) in [7, 11) is 0. The molecule has 2 heterocycles. The maximum absolute atomic E-state index is 12.4. The Morgan fingerprint density at radius 2 is 1.69 bits per heavy atom. The fourth-order valence-corrected chi connectivity index (χ4v) is 3.58. The van der Waals surface area contributed by atoms with Crippen LogP contribution in [0.2, 0.25) is 0 Å². The predicted octanol–water partition coefficient (Wildman–Crippen LogP) is 2.88. The second-order valence-corrected chi connectivity index (χ2v) is 7.62. The van der Waals surface area contributed by atoms with E-state index in [4.69, 9.17) is 4.42 Å². The normalized spacial score (nSPS) is 13.6. The van der Waals surface area contributed by atoms with Crippen LogP contribution in [-0.2, 0) is 20.8 Å². The first-order valence-electron chi connectivity index (χ1n) is 10.5. The molecule has 0 bridgehead atoms. The van der Waals surface area contributed by atoms with E-state index >= 15 is 0 Å². The summed E-state index contributed by atoms with van der Waals surface area (Å²) in [5.41, 5.74) is 2.05. The first-order chi connectivity index (χ1) is 15.5. The number of fused-ring (bicyclic) bond motifs is 1. The van der Waals surface area contributed by atoms with E-state index in [0.717, 1.165) is 10.9 Å². The number of benzene rings is 2. The molecule has 2 aromatic carbocycles. The number of anilines is 1. The molecule has 0 radical (unpaired) electrons. The lowest BCUT2D eigenvalue weighted by Crippen LogP contribution is -2.33. The number of imide groups is 1. The Labute approximate surface area is 184 Å². The van der Waals surface area contributed by atoms with E-state index in [0.29, 0.717) is 30.8 Å². The highest BCUT2D eigenvalue weighted by Crippen LogP contribution is 2.20. The third-order valence-corrected chi connectivity index (χ3v) is 5.26. The number of para-hydroxylation sites is 1. The molecule has 0 atom stereocenters. The summed E-state index contributed by atoms with van der Waals surface area (Å²) in [6, 6.07) is 16.1. The van der Waals surface area contributed by atoms with E-state index in [-0.39, 0.29) is 48.7 Å². The zero-order valence-electron chi connectivity index (χ0n) is 17.4. The van der Waals surface area contributed by atoms with Crippen molar-refractivity contribution < 1.29 is 23.6 Å². The van der Waals surface area contributed by atoms with Crippen LogP contribution in [0.5, 0.6) is 0 Å². The number of likely N-dealkylation sites (tertiary alicyclic amines) is 1. The van der Waals surface area contributed by atoms with E-state index in [9.17, 15) is 19.2 Å². The molecule has 164 valence electrons. The Bertz CT molecular complexity index is 1120. The molecule has 0 unspecified atom stereocenters. The van der Waals surface area contributed by atoms with E-state index in [1.54, 1.807) is 36.4 Å². The summed E-state index contributed by atoms with van der Waals surface area (Å²) in [4.78, 5) is 48.9. The molecule has 1 fully saturated rings. The third-order valence-electron chi connectivity index (χ3n) is 5.26. The number of hydrogen-bond acceptors (Lipinski definition) is 5. The topological polar surface area (TPSA) is 109 Å². The molecule has 4 rings (SSSR count). The number of hydrogen-bond donors (Lipinski definition) is 2. The van der Waals surface area contributed by atoms with Gasteiger partial charge in [0, 0.05) is 37.0 Å². The molecule has 8 nitrogen and oxygen atoms in total. The lowest BCUT2D eigenvalue weighted by atomic mass is 10.1. The summed E-state index contributed by atoms with van der Waals surface area (Å²) in [6.07, 6.45) is 1.27. The van der Waals surface area contributed by atoms with Gasteiger partial charge in [0.15, 0.2) is 5.76 Å². The molecule has 3 aromatic rings.